The van der Waals surface area contributed by atoms with Crippen LogP contribution in [0.1, 0.15) is 18.1 Å². The van der Waals surface area contributed by atoms with Crippen molar-refractivity contribution in [2.24, 2.45) is 0 Å². The monoisotopic (exact) mass is 599 g/mol. The van der Waals surface area contributed by atoms with Crippen LogP contribution in [0.15, 0.2) is 71.9 Å². The van der Waals surface area contributed by atoms with E-state index in [2.05, 4.69) is 81.8 Å². The van der Waals surface area contributed by atoms with Gasteiger partial charge in [-0.2, -0.15) is 4.31 Å². The van der Waals surface area contributed by atoms with Gasteiger partial charge in [-0.3, -0.25) is 9.69 Å². The fourth-order valence-electron chi connectivity index (χ4n) is 5.97. The number of carbonyl (C=O) groups is 1. The van der Waals surface area contributed by atoms with E-state index >= 15 is 0 Å². The molecule has 2 aliphatic heterocycles. The van der Waals surface area contributed by atoms with Crippen LogP contribution in [0.3, 0.4) is 0 Å². The normalized spacial score (nSPS) is 16.8. The maximum atomic E-state index is 13.3. The fourth-order valence-corrected chi connectivity index (χ4v) is 7.45. The third kappa shape index (κ3) is 6.25. The molecule has 11 heteroatoms. The van der Waals surface area contributed by atoms with Gasteiger partial charge in [-0.25, -0.2) is 18.4 Å². The Labute approximate surface area is 252 Å². The summed E-state index contributed by atoms with van der Waals surface area (Å²) in [4.78, 5) is 25.6. The number of nitrogens with zero attached hydrogens (tertiary/aromatic N) is 5. The highest BCUT2D eigenvalue weighted by atomic mass is 32.2. The highest BCUT2D eigenvalue weighted by molar-refractivity contribution is 7.89. The number of hydrogen-bond donors (Lipinski definition) is 2. The van der Waals surface area contributed by atoms with Gasteiger partial charge in [0, 0.05) is 61.9 Å². The lowest BCUT2D eigenvalue weighted by molar-refractivity contribution is -0.115. The van der Waals surface area contributed by atoms with Crippen LogP contribution in [-0.4, -0.2) is 91.3 Å². The molecule has 2 N–H and O–H groups in total. The van der Waals surface area contributed by atoms with E-state index in [1.807, 2.05) is 12.1 Å². The molecule has 3 aromatic carbocycles. The molecule has 6 rings (SSSR count). The summed E-state index contributed by atoms with van der Waals surface area (Å²) < 4.78 is 28.2. The average molecular weight is 600 g/mol. The molecule has 1 fully saturated rings. The minimum atomic E-state index is -3.63. The number of fused-ring (bicyclic) bond motifs is 2. The Hall–Kier alpha value is -3.90. The van der Waals surface area contributed by atoms with Crippen LogP contribution in [0.2, 0.25) is 0 Å². The van der Waals surface area contributed by atoms with Crippen molar-refractivity contribution in [2.45, 2.75) is 30.8 Å². The number of anilines is 2. The van der Waals surface area contributed by atoms with Gasteiger partial charge >= 0.3 is 0 Å². The summed E-state index contributed by atoms with van der Waals surface area (Å²) in [7, 11) is 0.504. The zero-order valence-corrected chi connectivity index (χ0v) is 25.6. The minimum absolute atomic E-state index is 0.0788. The number of piperazine rings is 1. The molecule has 0 unspecified atom stereocenters. The molecule has 10 nitrogen and oxygen atoms in total. The number of nitrogens with one attached hydrogen (secondary N) is 2. The van der Waals surface area contributed by atoms with Crippen LogP contribution in [0.25, 0.3) is 22.0 Å². The molecule has 1 amide bonds. The number of benzene rings is 3. The number of carbonyl (C=O) groups excluding carboxylic acids is 1. The Morgan fingerprint density at radius 2 is 1.79 bits per heavy atom. The maximum absolute atomic E-state index is 13.3. The van der Waals surface area contributed by atoms with Gasteiger partial charge < -0.3 is 15.5 Å². The van der Waals surface area contributed by atoms with Crippen molar-refractivity contribution < 1.29 is 13.2 Å². The number of hydrogen-bond acceptors (Lipinski definition) is 8. The molecule has 0 radical (unpaired) electrons. The van der Waals surface area contributed by atoms with E-state index in [4.69, 9.17) is 0 Å². The highest BCUT2D eigenvalue weighted by Crippen LogP contribution is 2.31. The summed E-state index contributed by atoms with van der Waals surface area (Å²) >= 11 is 0. The predicted molar refractivity (Wildman–Crippen MR) is 169 cm³/mol. The summed E-state index contributed by atoms with van der Waals surface area (Å²) in [6.45, 7) is 5.82. The first-order valence-electron chi connectivity index (χ1n) is 14.6. The minimum Gasteiger partial charge on any atom is -0.366 e. The van der Waals surface area contributed by atoms with Crippen LogP contribution in [0, 0.1) is 0 Å². The molecule has 1 saturated heterocycles. The summed E-state index contributed by atoms with van der Waals surface area (Å²) in [6, 6.07) is 19.7. The van der Waals surface area contributed by atoms with E-state index < -0.39 is 10.0 Å². The van der Waals surface area contributed by atoms with E-state index in [-0.39, 0.29) is 23.3 Å². The molecule has 2 aliphatic rings. The molecule has 0 saturated carbocycles. The number of rotatable bonds is 9. The predicted octanol–water partition coefficient (Wildman–Crippen LogP) is 3.66. The van der Waals surface area contributed by atoms with Gasteiger partial charge in [0.05, 0.1) is 16.8 Å². The molecular weight excluding hydrogens is 562 g/mol. The van der Waals surface area contributed by atoms with Gasteiger partial charge in [-0.15, -0.1) is 0 Å². The third-order valence-electron chi connectivity index (χ3n) is 7.99. The Morgan fingerprint density at radius 3 is 2.58 bits per heavy atom. The molecule has 0 spiro atoms. The Bertz CT molecular complexity index is 1770. The molecular formula is C32H37N7O3S. The molecule has 1 aromatic heterocycles. The summed E-state index contributed by atoms with van der Waals surface area (Å²) in [5, 5.41) is 7.30. The van der Waals surface area contributed by atoms with Crippen molar-refractivity contribution in [1.82, 2.24) is 24.1 Å². The van der Waals surface area contributed by atoms with E-state index in [9.17, 15) is 13.2 Å². The van der Waals surface area contributed by atoms with Crippen molar-refractivity contribution >= 4 is 38.3 Å². The number of amides is 1. The van der Waals surface area contributed by atoms with E-state index in [1.54, 1.807) is 28.8 Å². The Balaban J connectivity index is 1.10. The molecule has 224 valence electrons. The zero-order chi connectivity index (χ0) is 30.1. The second kappa shape index (κ2) is 12.0. The second-order valence-electron chi connectivity index (χ2n) is 11.7. The molecule has 0 aliphatic carbocycles. The highest BCUT2D eigenvalue weighted by Gasteiger charge is 2.30. The standard InChI is InChI=1S/C32H37N7O3S/c1-22(19-38-12-14-39(15-13-38)43(41,42)26-10-11-29-25(17-26)18-30(40)36-29)35-32-28-9-5-8-27(31(28)33-21-34-32)24-7-4-6-23(16-24)20-37(2)3/h4-11,16-17,21-22H,12-15,18-20H2,1-3H3,(H,36,40)(H,33,34,35)/t22-/m0/s1. The average Bonchev–Trinajstić information content (AvgIpc) is 3.36. The molecule has 0 bridgehead atoms. The van der Waals surface area contributed by atoms with Gasteiger partial charge in [0.25, 0.3) is 0 Å². The number of para-hydroxylation sites is 1. The lowest BCUT2D eigenvalue weighted by Crippen LogP contribution is -2.50. The lowest BCUT2D eigenvalue weighted by atomic mass is 10.00. The Kier molecular flexibility index (Phi) is 8.15. The van der Waals surface area contributed by atoms with Gasteiger partial charge in [0.15, 0.2) is 0 Å². The summed E-state index contributed by atoms with van der Waals surface area (Å²) in [5.74, 6) is 0.677. The topological polar surface area (TPSA) is 111 Å². The van der Waals surface area contributed by atoms with Gasteiger partial charge in [-0.05, 0) is 68.0 Å². The number of aromatic nitrogens is 2. The van der Waals surface area contributed by atoms with Crippen molar-refractivity contribution in [3.63, 3.8) is 0 Å². The first-order chi connectivity index (χ1) is 20.7. The van der Waals surface area contributed by atoms with Crippen LogP contribution in [0.4, 0.5) is 11.5 Å². The largest absolute Gasteiger partial charge is 0.366 e. The second-order valence-corrected chi connectivity index (χ2v) is 13.6. The Morgan fingerprint density at radius 1 is 1.00 bits per heavy atom. The smallest absolute Gasteiger partial charge is 0.243 e. The summed E-state index contributed by atoms with van der Waals surface area (Å²) in [5.41, 5.74) is 5.76. The maximum Gasteiger partial charge on any atom is 0.243 e. The van der Waals surface area contributed by atoms with E-state index in [0.29, 0.717) is 31.9 Å². The van der Waals surface area contributed by atoms with Gasteiger partial charge in [0.1, 0.15) is 12.1 Å². The van der Waals surface area contributed by atoms with Crippen molar-refractivity contribution in [3.05, 3.63) is 78.1 Å². The summed E-state index contributed by atoms with van der Waals surface area (Å²) in [6.07, 6.45) is 1.82. The first-order valence-corrected chi connectivity index (χ1v) is 16.0. The van der Waals surface area contributed by atoms with Crippen LogP contribution in [-0.2, 0) is 27.8 Å². The SMILES string of the molecule is C[C@@H](CN1CCN(S(=O)(=O)c2ccc3c(c2)CC(=O)N3)CC1)Nc1ncnc2c(-c3cccc(CN(C)C)c3)cccc12. The van der Waals surface area contributed by atoms with Gasteiger partial charge in [-0.1, -0.05) is 30.3 Å². The van der Waals surface area contributed by atoms with Crippen LogP contribution in [0.5, 0.6) is 0 Å². The molecule has 4 aromatic rings. The van der Waals surface area contributed by atoms with Crippen LogP contribution < -0.4 is 10.6 Å². The fraction of sp³-hybridized carbons (Fsp3) is 0.344. The van der Waals surface area contributed by atoms with E-state index in [1.165, 1.54) is 5.56 Å². The van der Waals surface area contributed by atoms with Crippen molar-refractivity contribution in [3.8, 4) is 11.1 Å². The zero-order valence-electron chi connectivity index (χ0n) is 24.7. The van der Waals surface area contributed by atoms with E-state index in [0.717, 1.165) is 46.5 Å². The third-order valence-corrected chi connectivity index (χ3v) is 9.88. The van der Waals surface area contributed by atoms with Gasteiger partial charge in [0.2, 0.25) is 15.9 Å². The van der Waals surface area contributed by atoms with Crippen molar-refractivity contribution in [2.75, 3.05) is 57.5 Å². The molecule has 43 heavy (non-hydrogen) atoms. The van der Waals surface area contributed by atoms with Crippen molar-refractivity contribution in [1.29, 1.82) is 0 Å². The molecule has 1 atom stereocenters. The van der Waals surface area contributed by atoms with Crippen LogP contribution >= 0.6 is 0 Å². The number of sulfonamides is 1. The quantitative estimate of drug-likeness (QED) is 0.300. The lowest BCUT2D eigenvalue weighted by Gasteiger charge is -2.35. The first kappa shape index (κ1) is 29.2. The molecule has 3 heterocycles.